The van der Waals surface area contributed by atoms with Crippen molar-refractivity contribution in [2.24, 2.45) is 0 Å². The molecule has 1 aromatic heterocycles. The first-order valence-corrected chi connectivity index (χ1v) is 7.86. The number of carbonyl (C=O) groups excluding carboxylic acids is 2. The Hall–Kier alpha value is -1.76. The lowest BCUT2D eigenvalue weighted by Crippen LogP contribution is -3.09. The van der Waals surface area contributed by atoms with E-state index in [1.165, 1.54) is 28.4 Å². The third-order valence-electron chi connectivity index (χ3n) is 3.47. The lowest BCUT2D eigenvalue weighted by Gasteiger charge is -2.21. The lowest BCUT2D eigenvalue weighted by atomic mass is 10.1. The van der Waals surface area contributed by atoms with Crippen LogP contribution in [0.3, 0.4) is 0 Å². The number of hydrogen-bond donors (Lipinski definition) is 1. The molecule has 4 nitrogen and oxygen atoms in total. The van der Waals surface area contributed by atoms with Gasteiger partial charge in [-0.2, -0.15) is 0 Å². The lowest BCUT2D eigenvalue weighted by molar-refractivity contribution is -0.892. The highest BCUT2D eigenvalue weighted by molar-refractivity contribution is 7.16. The number of ketones is 1. The minimum atomic E-state index is -0.651. The second kappa shape index (κ2) is 5.79. The number of nitrogens with one attached hydrogen (secondary N) is 1. The van der Waals surface area contributed by atoms with Crippen LogP contribution < -0.4 is 9.80 Å². The van der Waals surface area contributed by atoms with Crippen molar-refractivity contribution in [3.8, 4) is 0 Å². The largest absolute Gasteiger partial charge is 0.315 e. The zero-order chi connectivity index (χ0) is 15.9. The third-order valence-corrected chi connectivity index (χ3v) is 4.70. The Morgan fingerprint density at radius 2 is 2.05 bits per heavy atom. The molecule has 0 bridgehead atoms. The first-order valence-electron chi connectivity index (χ1n) is 6.67. The SMILES string of the molecule is C[NH+](Cc1ccc(Cl)s1)CN1C(=O)C(=O)c2cc(F)ccc21. The van der Waals surface area contributed by atoms with E-state index in [2.05, 4.69) is 0 Å². The maximum atomic E-state index is 13.2. The van der Waals surface area contributed by atoms with E-state index < -0.39 is 17.5 Å². The van der Waals surface area contributed by atoms with Crippen molar-refractivity contribution in [3.63, 3.8) is 0 Å². The van der Waals surface area contributed by atoms with Crippen LogP contribution in [0.4, 0.5) is 10.1 Å². The Balaban J connectivity index is 1.78. The van der Waals surface area contributed by atoms with Crippen molar-refractivity contribution in [2.75, 3.05) is 18.6 Å². The van der Waals surface area contributed by atoms with E-state index in [9.17, 15) is 14.0 Å². The van der Waals surface area contributed by atoms with Crippen LogP contribution in [0.5, 0.6) is 0 Å². The Labute approximate surface area is 135 Å². The average Bonchev–Trinajstić information content (AvgIpc) is 2.96. The Morgan fingerprint density at radius 3 is 2.73 bits per heavy atom. The predicted octanol–water partition coefficient (Wildman–Crippen LogP) is 1.74. The summed E-state index contributed by atoms with van der Waals surface area (Å²) in [5.41, 5.74) is 0.608. The monoisotopic (exact) mass is 339 g/mol. The molecule has 1 aliphatic rings. The molecule has 1 aliphatic heterocycles. The summed E-state index contributed by atoms with van der Waals surface area (Å²) in [4.78, 5) is 27.5. The summed E-state index contributed by atoms with van der Waals surface area (Å²) in [6, 6.07) is 7.62. The summed E-state index contributed by atoms with van der Waals surface area (Å²) in [7, 11) is 1.92. The summed E-state index contributed by atoms with van der Waals surface area (Å²) in [6.07, 6.45) is 0. The second-order valence-electron chi connectivity index (χ2n) is 5.22. The van der Waals surface area contributed by atoms with Gasteiger partial charge in [-0.3, -0.25) is 14.5 Å². The molecule has 2 heterocycles. The maximum Gasteiger partial charge on any atom is 0.303 e. The Morgan fingerprint density at radius 1 is 1.27 bits per heavy atom. The molecule has 22 heavy (non-hydrogen) atoms. The van der Waals surface area contributed by atoms with Crippen molar-refractivity contribution in [1.82, 2.24) is 0 Å². The number of rotatable bonds is 4. The van der Waals surface area contributed by atoms with E-state index in [-0.39, 0.29) is 5.56 Å². The Kier molecular flexibility index (Phi) is 3.99. The van der Waals surface area contributed by atoms with Crippen molar-refractivity contribution in [3.05, 3.63) is 50.9 Å². The summed E-state index contributed by atoms with van der Waals surface area (Å²) >= 11 is 7.39. The van der Waals surface area contributed by atoms with E-state index in [4.69, 9.17) is 11.6 Å². The van der Waals surface area contributed by atoms with Crippen LogP contribution in [-0.2, 0) is 11.3 Å². The highest BCUT2D eigenvalue weighted by Crippen LogP contribution is 2.28. The van der Waals surface area contributed by atoms with Gasteiger partial charge in [0.05, 0.1) is 27.5 Å². The zero-order valence-electron chi connectivity index (χ0n) is 11.7. The number of amides is 1. The first kappa shape index (κ1) is 15.1. The highest BCUT2D eigenvalue weighted by atomic mass is 35.5. The number of anilines is 1. The second-order valence-corrected chi connectivity index (χ2v) is 7.02. The highest BCUT2D eigenvalue weighted by Gasteiger charge is 2.37. The topological polar surface area (TPSA) is 41.8 Å². The molecule has 0 saturated heterocycles. The number of halogens is 2. The molecule has 1 amide bonds. The van der Waals surface area contributed by atoms with Gasteiger partial charge in [0.25, 0.3) is 5.78 Å². The van der Waals surface area contributed by atoms with E-state index in [1.807, 2.05) is 19.2 Å². The summed E-state index contributed by atoms with van der Waals surface area (Å²) in [6.45, 7) is 1.02. The van der Waals surface area contributed by atoms with Crippen LogP contribution in [0.1, 0.15) is 15.2 Å². The van der Waals surface area contributed by atoms with Crippen molar-refractivity contribution >= 4 is 40.3 Å². The molecule has 1 atom stereocenters. The zero-order valence-corrected chi connectivity index (χ0v) is 13.3. The molecule has 0 radical (unpaired) electrons. The molecule has 1 aromatic carbocycles. The summed E-state index contributed by atoms with van der Waals surface area (Å²) < 4.78 is 14.0. The number of Topliss-reactive ketones (excluding diaryl/α,β-unsaturated/α-hetero) is 1. The van der Waals surface area contributed by atoms with E-state index in [0.717, 1.165) is 20.2 Å². The van der Waals surface area contributed by atoms with Gasteiger partial charge in [-0.1, -0.05) is 11.6 Å². The fourth-order valence-electron chi connectivity index (χ4n) is 2.50. The molecule has 1 unspecified atom stereocenters. The molecule has 3 rings (SSSR count). The predicted molar refractivity (Wildman–Crippen MR) is 83.0 cm³/mol. The average molecular weight is 340 g/mol. The summed E-state index contributed by atoms with van der Waals surface area (Å²) in [5.74, 6) is -1.78. The van der Waals surface area contributed by atoms with Gasteiger partial charge < -0.3 is 4.90 Å². The van der Waals surface area contributed by atoms with E-state index in [1.54, 1.807) is 0 Å². The third kappa shape index (κ3) is 2.77. The smallest absolute Gasteiger partial charge is 0.303 e. The van der Waals surface area contributed by atoms with E-state index >= 15 is 0 Å². The molecule has 114 valence electrons. The van der Waals surface area contributed by atoms with Gasteiger partial charge >= 0.3 is 5.91 Å². The van der Waals surface area contributed by atoms with Gasteiger partial charge in [0.1, 0.15) is 12.4 Å². The minimum absolute atomic E-state index is 0.136. The molecule has 0 saturated carbocycles. The molecular formula is C15H13ClFN2O2S+. The van der Waals surface area contributed by atoms with Gasteiger partial charge in [-0.25, -0.2) is 4.39 Å². The van der Waals surface area contributed by atoms with Crippen LogP contribution in [0, 0.1) is 5.82 Å². The normalized spacial score (nSPS) is 15.3. The number of fused-ring (bicyclic) bond motifs is 1. The molecule has 0 aliphatic carbocycles. The first-order chi connectivity index (χ1) is 10.5. The van der Waals surface area contributed by atoms with Crippen LogP contribution in [0.2, 0.25) is 4.34 Å². The molecule has 1 N–H and O–H groups in total. The number of thiophene rings is 1. The van der Waals surface area contributed by atoms with Crippen LogP contribution in [-0.4, -0.2) is 25.4 Å². The minimum Gasteiger partial charge on any atom is -0.315 e. The maximum absolute atomic E-state index is 13.2. The fraction of sp³-hybridized carbons (Fsp3) is 0.200. The standard InChI is InChI=1S/C15H12ClFN2O2S/c1-18(7-10-3-5-13(16)22-10)8-19-12-4-2-9(17)6-11(12)14(20)15(19)21/h2-6H,7-8H2,1H3/p+1. The van der Waals surface area contributed by atoms with E-state index in [0.29, 0.717) is 18.9 Å². The van der Waals surface area contributed by atoms with Gasteiger partial charge in [0, 0.05) is 0 Å². The number of quaternary nitrogens is 1. The number of hydrogen-bond acceptors (Lipinski definition) is 3. The van der Waals surface area contributed by atoms with Crippen molar-refractivity contribution in [2.45, 2.75) is 6.54 Å². The van der Waals surface area contributed by atoms with Crippen LogP contribution in [0.15, 0.2) is 30.3 Å². The van der Waals surface area contributed by atoms with Gasteiger partial charge in [-0.05, 0) is 30.3 Å². The molecule has 2 aromatic rings. The molecular weight excluding hydrogens is 327 g/mol. The quantitative estimate of drug-likeness (QED) is 0.862. The van der Waals surface area contributed by atoms with Gasteiger partial charge in [0.15, 0.2) is 6.67 Å². The van der Waals surface area contributed by atoms with Crippen LogP contribution >= 0.6 is 22.9 Å². The molecule has 7 heteroatoms. The number of benzene rings is 1. The number of nitrogens with zero attached hydrogens (tertiary/aromatic N) is 1. The Bertz CT molecular complexity index is 762. The summed E-state index contributed by atoms with van der Waals surface area (Å²) in [5, 5.41) is 0. The van der Waals surface area contributed by atoms with Crippen LogP contribution in [0.25, 0.3) is 0 Å². The fourth-order valence-corrected chi connectivity index (χ4v) is 3.70. The molecule has 0 fully saturated rings. The van der Waals surface area contributed by atoms with Crippen molar-refractivity contribution in [1.29, 1.82) is 0 Å². The number of carbonyl (C=O) groups is 2. The molecule has 0 spiro atoms. The van der Waals surface area contributed by atoms with Gasteiger partial charge in [-0.15, -0.1) is 11.3 Å². The van der Waals surface area contributed by atoms with Crippen molar-refractivity contribution < 1.29 is 18.9 Å². The van der Waals surface area contributed by atoms with Gasteiger partial charge in [0.2, 0.25) is 0 Å².